The van der Waals surface area contributed by atoms with Gasteiger partial charge in [0, 0.05) is 19.5 Å². The van der Waals surface area contributed by atoms with Gasteiger partial charge in [0.1, 0.15) is 11.6 Å². The lowest BCUT2D eigenvalue weighted by molar-refractivity contribution is 0.295. The third-order valence-corrected chi connectivity index (χ3v) is 4.84. The number of aryl methyl sites for hydroxylation is 1. The summed E-state index contributed by atoms with van der Waals surface area (Å²) in [5.41, 5.74) is 2.36. The van der Waals surface area contributed by atoms with Crippen molar-refractivity contribution in [2.45, 2.75) is 19.4 Å². The van der Waals surface area contributed by atoms with Gasteiger partial charge in [0.05, 0.1) is 10.9 Å². The van der Waals surface area contributed by atoms with Crippen LogP contribution in [0.1, 0.15) is 12.2 Å². The van der Waals surface area contributed by atoms with Crippen LogP contribution in [0.4, 0.5) is 4.39 Å². The highest BCUT2D eigenvalue weighted by Crippen LogP contribution is 2.23. The van der Waals surface area contributed by atoms with E-state index in [2.05, 4.69) is 11.9 Å². The van der Waals surface area contributed by atoms with Crippen LogP contribution >= 0.6 is 0 Å². The molecular weight excluding hydrogens is 317 g/mol. The average Bonchev–Trinajstić information content (AvgIpc) is 2.59. The SMILES string of the molecule is CN1CCCc2nc3cc(-c4cccc(F)c4)ccc3c(=O)n2CC1. The monoisotopic (exact) mass is 337 g/mol. The molecule has 4 nitrogen and oxygen atoms in total. The van der Waals surface area contributed by atoms with E-state index in [0.717, 1.165) is 42.9 Å². The number of halogens is 1. The van der Waals surface area contributed by atoms with Crippen LogP contribution in [0.15, 0.2) is 47.3 Å². The lowest BCUT2D eigenvalue weighted by atomic mass is 10.0. The molecule has 0 bridgehead atoms. The fourth-order valence-corrected chi connectivity index (χ4v) is 3.43. The van der Waals surface area contributed by atoms with Crippen molar-refractivity contribution in [3.05, 3.63) is 64.5 Å². The molecule has 0 N–H and O–H groups in total. The Balaban J connectivity index is 1.85. The first-order valence-corrected chi connectivity index (χ1v) is 8.60. The van der Waals surface area contributed by atoms with Gasteiger partial charge in [-0.1, -0.05) is 18.2 Å². The summed E-state index contributed by atoms with van der Waals surface area (Å²) in [6, 6.07) is 12.0. The van der Waals surface area contributed by atoms with E-state index in [1.165, 1.54) is 12.1 Å². The summed E-state index contributed by atoms with van der Waals surface area (Å²) in [7, 11) is 2.08. The largest absolute Gasteiger partial charge is 0.305 e. The second-order valence-electron chi connectivity index (χ2n) is 6.63. The highest BCUT2D eigenvalue weighted by Gasteiger charge is 2.15. The molecule has 2 aromatic carbocycles. The van der Waals surface area contributed by atoms with Gasteiger partial charge in [-0.05, 0) is 55.4 Å². The van der Waals surface area contributed by atoms with E-state index in [9.17, 15) is 9.18 Å². The predicted molar refractivity (Wildman–Crippen MR) is 97.2 cm³/mol. The van der Waals surface area contributed by atoms with E-state index in [0.29, 0.717) is 17.4 Å². The quantitative estimate of drug-likeness (QED) is 0.685. The Labute approximate surface area is 145 Å². The third-order valence-electron chi connectivity index (χ3n) is 4.84. The molecule has 1 aliphatic rings. The zero-order valence-electron chi connectivity index (χ0n) is 14.2. The molecule has 0 radical (unpaired) electrons. The summed E-state index contributed by atoms with van der Waals surface area (Å²) in [6.45, 7) is 2.53. The molecular formula is C20H20FN3O. The predicted octanol–water partition coefficient (Wildman–Crippen LogP) is 3.08. The molecule has 0 fully saturated rings. The van der Waals surface area contributed by atoms with Crippen LogP contribution in [0, 0.1) is 5.82 Å². The van der Waals surface area contributed by atoms with Crippen molar-refractivity contribution in [1.82, 2.24) is 14.5 Å². The van der Waals surface area contributed by atoms with Crippen LogP contribution in [0.5, 0.6) is 0 Å². The van der Waals surface area contributed by atoms with Crippen LogP contribution in [-0.2, 0) is 13.0 Å². The number of nitrogens with zero attached hydrogens (tertiary/aromatic N) is 3. The number of aromatic nitrogens is 2. The Morgan fingerprint density at radius 2 is 1.88 bits per heavy atom. The molecule has 4 rings (SSSR count). The molecule has 0 amide bonds. The van der Waals surface area contributed by atoms with Crippen molar-refractivity contribution in [1.29, 1.82) is 0 Å². The van der Waals surface area contributed by atoms with Crippen LogP contribution in [0.25, 0.3) is 22.0 Å². The topological polar surface area (TPSA) is 38.1 Å². The smallest absolute Gasteiger partial charge is 0.261 e. The minimum atomic E-state index is -0.270. The molecule has 0 saturated heterocycles. The Morgan fingerprint density at radius 1 is 1.04 bits per heavy atom. The Morgan fingerprint density at radius 3 is 2.72 bits per heavy atom. The van der Waals surface area contributed by atoms with Gasteiger partial charge in [0.2, 0.25) is 0 Å². The first kappa shape index (κ1) is 16.0. The number of likely N-dealkylation sites (N-methyl/N-ethyl adjacent to an activating group) is 1. The molecule has 25 heavy (non-hydrogen) atoms. The Kier molecular flexibility index (Phi) is 4.09. The van der Waals surface area contributed by atoms with Crippen molar-refractivity contribution in [2.75, 3.05) is 20.1 Å². The summed E-state index contributed by atoms with van der Waals surface area (Å²) in [4.78, 5) is 19.9. The molecule has 0 unspecified atom stereocenters. The zero-order valence-corrected chi connectivity index (χ0v) is 14.2. The van der Waals surface area contributed by atoms with Crippen LogP contribution < -0.4 is 5.56 Å². The molecule has 0 aliphatic carbocycles. The maximum absolute atomic E-state index is 13.5. The first-order chi connectivity index (χ1) is 12.1. The van der Waals surface area contributed by atoms with Crippen molar-refractivity contribution >= 4 is 10.9 Å². The Bertz CT molecular complexity index is 996. The van der Waals surface area contributed by atoms with Crippen molar-refractivity contribution in [2.24, 2.45) is 0 Å². The van der Waals surface area contributed by atoms with Gasteiger partial charge in [-0.15, -0.1) is 0 Å². The lowest BCUT2D eigenvalue weighted by Crippen LogP contribution is -2.34. The lowest BCUT2D eigenvalue weighted by Gasteiger charge is -2.22. The molecule has 0 saturated carbocycles. The van der Waals surface area contributed by atoms with Crippen LogP contribution in [-0.4, -0.2) is 34.6 Å². The van der Waals surface area contributed by atoms with E-state index in [4.69, 9.17) is 4.98 Å². The van der Waals surface area contributed by atoms with Gasteiger partial charge in [0.25, 0.3) is 5.56 Å². The van der Waals surface area contributed by atoms with E-state index >= 15 is 0 Å². The standard InChI is InChI=1S/C20H20FN3O/c1-23-9-3-6-19-22-18-13-15(14-4-2-5-16(21)12-14)7-8-17(18)20(25)24(19)11-10-23/h2,4-5,7-8,12-13H,3,6,9-11H2,1H3. The number of fused-ring (bicyclic) bond motifs is 2. The fourth-order valence-electron chi connectivity index (χ4n) is 3.43. The van der Waals surface area contributed by atoms with Gasteiger partial charge >= 0.3 is 0 Å². The number of rotatable bonds is 1. The van der Waals surface area contributed by atoms with Gasteiger partial charge in [-0.3, -0.25) is 9.36 Å². The minimum Gasteiger partial charge on any atom is -0.305 e. The number of hydrogen-bond donors (Lipinski definition) is 0. The highest BCUT2D eigenvalue weighted by atomic mass is 19.1. The van der Waals surface area contributed by atoms with Crippen molar-refractivity contribution < 1.29 is 4.39 Å². The van der Waals surface area contributed by atoms with E-state index in [1.54, 1.807) is 16.7 Å². The summed E-state index contributed by atoms with van der Waals surface area (Å²) < 4.78 is 15.3. The second kappa shape index (κ2) is 6.41. The molecule has 128 valence electrons. The molecule has 5 heteroatoms. The van der Waals surface area contributed by atoms with Crippen LogP contribution in [0.3, 0.4) is 0 Å². The van der Waals surface area contributed by atoms with Crippen molar-refractivity contribution in [3.8, 4) is 11.1 Å². The summed E-state index contributed by atoms with van der Waals surface area (Å²) in [6.07, 6.45) is 1.78. The summed E-state index contributed by atoms with van der Waals surface area (Å²) >= 11 is 0. The van der Waals surface area contributed by atoms with Crippen LogP contribution in [0.2, 0.25) is 0 Å². The summed E-state index contributed by atoms with van der Waals surface area (Å²) in [5.74, 6) is 0.579. The second-order valence-corrected chi connectivity index (χ2v) is 6.63. The molecule has 1 aromatic heterocycles. The van der Waals surface area contributed by atoms with Gasteiger partial charge in [-0.2, -0.15) is 0 Å². The molecule has 1 aliphatic heterocycles. The van der Waals surface area contributed by atoms with E-state index < -0.39 is 0 Å². The molecule has 0 spiro atoms. The van der Waals surface area contributed by atoms with E-state index in [-0.39, 0.29) is 11.4 Å². The molecule has 2 heterocycles. The zero-order chi connectivity index (χ0) is 17.4. The third kappa shape index (κ3) is 3.07. The number of benzene rings is 2. The first-order valence-electron chi connectivity index (χ1n) is 8.60. The minimum absolute atomic E-state index is 0.0149. The summed E-state index contributed by atoms with van der Waals surface area (Å²) in [5, 5.41) is 0.618. The maximum atomic E-state index is 13.5. The average molecular weight is 337 g/mol. The normalized spacial score (nSPS) is 15.6. The van der Waals surface area contributed by atoms with E-state index in [1.807, 2.05) is 18.2 Å². The van der Waals surface area contributed by atoms with Crippen molar-refractivity contribution in [3.63, 3.8) is 0 Å². The fraction of sp³-hybridized carbons (Fsp3) is 0.300. The molecule has 0 atom stereocenters. The van der Waals surface area contributed by atoms with Gasteiger partial charge in [0.15, 0.2) is 0 Å². The van der Waals surface area contributed by atoms with Gasteiger partial charge < -0.3 is 4.90 Å². The highest BCUT2D eigenvalue weighted by molar-refractivity contribution is 5.83. The maximum Gasteiger partial charge on any atom is 0.261 e. The Hall–Kier alpha value is -2.53. The molecule has 3 aromatic rings. The van der Waals surface area contributed by atoms with Gasteiger partial charge in [-0.25, -0.2) is 9.37 Å². The number of hydrogen-bond acceptors (Lipinski definition) is 3.